The van der Waals surface area contributed by atoms with Gasteiger partial charge in [-0.05, 0) is 18.9 Å². The smallest absolute Gasteiger partial charge is 0.408 e. The van der Waals surface area contributed by atoms with Crippen molar-refractivity contribution in [3.05, 3.63) is 35.9 Å². The third-order valence-electron chi connectivity index (χ3n) is 3.28. The van der Waals surface area contributed by atoms with Gasteiger partial charge in [0.2, 0.25) is 5.91 Å². The van der Waals surface area contributed by atoms with E-state index in [9.17, 15) is 14.4 Å². The van der Waals surface area contributed by atoms with Gasteiger partial charge in [0.1, 0.15) is 18.7 Å². The van der Waals surface area contributed by atoms with Crippen molar-refractivity contribution in [2.45, 2.75) is 38.5 Å². The molecule has 8 heteroatoms. The number of carbonyl (C=O) groups is 3. The van der Waals surface area contributed by atoms with Gasteiger partial charge >= 0.3 is 12.1 Å². The molecule has 0 spiro atoms. The fourth-order valence-electron chi connectivity index (χ4n) is 1.93. The summed E-state index contributed by atoms with van der Waals surface area (Å²) in [6.07, 6.45) is -0.631. The van der Waals surface area contributed by atoms with Crippen molar-refractivity contribution in [2.24, 2.45) is 0 Å². The number of nitrogens with zero attached hydrogens (tertiary/aromatic N) is 1. The van der Waals surface area contributed by atoms with Crippen LogP contribution in [0.25, 0.3) is 0 Å². The average Bonchev–Trinajstić information content (AvgIpc) is 2.63. The first-order chi connectivity index (χ1) is 12.0. The standard InChI is InChI=1S/C17H21N3O5/c1-12(16(22)24-2)19-15(21)14(9-6-10-18)20-17(23)25-11-13-7-4-3-5-8-13/h3-5,7-8,12,14H,6,9,11H2,1-2H3,(H,19,21)(H,20,23)/t12-,14-/m0/s1. The number of esters is 1. The third-order valence-corrected chi connectivity index (χ3v) is 3.28. The van der Waals surface area contributed by atoms with E-state index >= 15 is 0 Å². The van der Waals surface area contributed by atoms with E-state index in [1.165, 1.54) is 14.0 Å². The predicted molar refractivity (Wildman–Crippen MR) is 88.0 cm³/mol. The number of methoxy groups -OCH3 is 1. The molecule has 0 aliphatic carbocycles. The first-order valence-corrected chi connectivity index (χ1v) is 7.70. The summed E-state index contributed by atoms with van der Waals surface area (Å²) >= 11 is 0. The van der Waals surface area contributed by atoms with Gasteiger partial charge < -0.3 is 20.1 Å². The van der Waals surface area contributed by atoms with E-state index in [-0.39, 0.29) is 19.4 Å². The van der Waals surface area contributed by atoms with Gasteiger partial charge in [-0.3, -0.25) is 4.79 Å². The van der Waals surface area contributed by atoms with Crippen LogP contribution in [0, 0.1) is 11.3 Å². The Morgan fingerprint density at radius 2 is 1.88 bits per heavy atom. The van der Waals surface area contributed by atoms with Crippen molar-refractivity contribution in [3.8, 4) is 6.07 Å². The van der Waals surface area contributed by atoms with Gasteiger partial charge in [-0.1, -0.05) is 30.3 Å². The van der Waals surface area contributed by atoms with Crippen LogP contribution in [0.3, 0.4) is 0 Å². The quantitative estimate of drug-likeness (QED) is 0.684. The predicted octanol–water partition coefficient (Wildman–Crippen LogP) is 1.26. The second kappa shape index (κ2) is 10.6. The van der Waals surface area contributed by atoms with Crippen LogP contribution in [0.15, 0.2) is 30.3 Å². The van der Waals surface area contributed by atoms with Crippen molar-refractivity contribution in [1.82, 2.24) is 10.6 Å². The Morgan fingerprint density at radius 3 is 2.48 bits per heavy atom. The summed E-state index contributed by atoms with van der Waals surface area (Å²) in [5.41, 5.74) is 0.801. The summed E-state index contributed by atoms with van der Waals surface area (Å²) in [6, 6.07) is 9.11. The topological polar surface area (TPSA) is 118 Å². The molecule has 0 radical (unpaired) electrons. The second-order valence-electron chi connectivity index (χ2n) is 5.21. The highest BCUT2D eigenvalue weighted by Gasteiger charge is 2.25. The van der Waals surface area contributed by atoms with Crippen molar-refractivity contribution in [3.63, 3.8) is 0 Å². The monoisotopic (exact) mass is 347 g/mol. The molecule has 1 rings (SSSR count). The van der Waals surface area contributed by atoms with E-state index in [4.69, 9.17) is 10.00 Å². The van der Waals surface area contributed by atoms with Crippen LogP contribution >= 0.6 is 0 Å². The Morgan fingerprint density at radius 1 is 1.20 bits per heavy atom. The Labute approximate surface area is 146 Å². The highest BCUT2D eigenvalue weighted by atomic mass is 16.5. The summed E-state index contributed by atoms with van der Waals surface area (Å²) in [5, 5.41) is 13.5. The third kappa shape index (κ3) is 7.35. The molecular formula is C17H21N3O5. The van der Waals surface area contributed by atoms with Gasteiger partial charge in [-0.15, -0.1) is 0 Å². The molecule has 134 valence electrons. The van der Waals surface area contributed by atoms with E-state index < -0.39 is 30.1 Å². The largest absolute Gasteiger partial charge is 0.467 e. The maximum Gasteiger partial charge on any atom is 0.408 e. The molecule has 2 amide bonds. The van der Waals surface area contributed by atoms with Crippen molar-refractivity contribution in [1.29, 1.82) is 5.26 Å². The van der Waals surface area contributed by atoms with Gasteiger partial charge in [-0.25, -0.2) is 9.59 Å². The average molecular weight is 347 g/mol. The van der Waals surface area contributed by atoms with E-state index in [2.05, 4.69) is 15.4 Å². The minimum absolute atomic E-state index is 0.0534. The van der Waals surface area contributed by atoms with Crippen LogP contribution in [0.5, 0.6) is 0 Å². The van der Waals surface area contributed by atoms with Gasteiger partial charge in [-0.2, -0.15) is 5.26 Å². The molecule has 0 heterocycles. The maximum atomic E-state index is 12.2. The Hall–Kier alpha value is -3.08. The van der Waals surface area contributed by atoms with Crippen LogP contribution in [-0.2, 0) is 25.7 Å². The lowest BCUT2D eigenvalue weighted by Crippen LogP contribution is -2.51. The molecule has 2 atom stereocenters. The lowest BCUT2D eigenvalue weighted by Gasteiger charge is -2.19. The van der Waals surface area contributed by atoms with Crippen molar-refractivity contribution < 1.29 is 23.9 Å². The normalized spacial score (nSPS) is 12.2. The minimum Gasteiger partial charge on any atom is -0.467 e. The Bertz CT molecular complexity index is 627. The van der Waals surface area contributed by atoms with Gasteiger partial charge in [0.15, 0.2) is 0 Å². The zero-order chi connectivity index (χ0) is 18.7. The molecule has 0 saturated heterocycles. The summed E-state index contributed by atoms with van der Waals surface area (Å²) in [7, 11) is 1.21. The number of benzene rings is 1. The maximum absolute atomic E-state index is 12.2. The molecule has 2 N–H and O–H groups in total. The molecule has 0 fully saturated rings. The SMILES string of the molecule is COC(=O)[C@H](C)NC(=O)[C@H](CCC#N)NC(=O)OCc1ccccc1. The summed E-state index contributed by atoms with van der Waals surface area (Å²) in [6.45, 7) is 1.51. The molecule has 0 aromatic heterocycles. The molecule has 0 aliphatic heterocycles. The highest BCUT2D eigenvalue weighted by molar-refractivity contribution is 5.89. The summed E-state index contributed by atoms with van der Waals surface area (Å²) in [5.74, 6) is -1.20. The number of hydrogen-bond donors (Lipinski definition) is 2. The van der Waals surface area contributed by atoms with Crippen LogP contribution in [0.4, 0.5) is 4.79 Å². The Kier molecular flexibility index (Phi) is 8.50. The fraction of sp³-hybridized carbons (Fsp3) is 0.412. The van der Waals surface area contributed by atoms with E-state index in [1.807, 2.05) is 24.3 Å². The molecule has 8 nitrogen and oxygen atoms in total. The first kappa shape index (κ1) is 20.0. The lowest BCUT2D eigenvalue weighted by atomic mass is 10.1. The van der Waals surface area contributed by atoms with Crippen molar-refractivity contribution in [2.75, 3.05) is 7.11 Å². The number of nitriles is 1. The lowest BCUT2D eigenvalue weighted by molar-refractivity contribution is -0.144. The zero-order valence-corrected chi connectivity index (χ0v) is 14.2. The fourth-order valence-corrected chi connectivity index (χ4v) is 1.93. The summed E-state index contributed by atoms with van der Waals surface area (Å²) in [4.78, 5) is 35.4. The van der Waals surface area contributed by atoms with Gasteiger partial charge in [0, 0.05) is 6.42 Å². The minimum atomic E-state index is -0.991. The van der Waals surface area contributed by atoms with Crippen molar-refractivity contribution >= 4 is 18.0 Å². The highest BCUT2D eigenvalue weighted by Crippen LogP contribution is 2.03. The van der Waals surface area contributed by atoms with E-state index in [0.29, 0.717) is 0 Å². The summed E-state index contributed by atoms with van der Waals surface area (Å²) < 4.78 is 9.58. The van der Waals surface area contributed by atoms with E-state index in [1.54, 1.807) is 12.1 Å². The second-order valence-corrected chi connectivity index (χ2v) is 5.21. The number of hydrogen-bond acceptors (Lipinski definition) is 6. The molecule has 1 aromatic carbocycles. The number of nitrogens with one attached hydrogen (secondary N) is 2. The molecule has 25 heavy (non-hydrogen) atoms. The molecule has 0 aliphatic rings. The number of rotatable bonds is 8. The van der Waals surface area contributed by atoms with Gasteiger partial charge in [0.25, 0.3) is 0 Å². The van der Waals surface area contributed by atoms with Crippen LogP contribution < -0.4 is 10.6 Å². The molecular weight excluding hydrogens is 326 g/mol. The van der Waals surface area contributed by atoms with Gasteiger partial charge in [0.05, 0.1) is 13.2 Å². The first-order valence-electron chi connectivity index (χ1n) is 7.70. The molecule has 0 unspecified atom stereocenters. The van der Waals surface area contributed by atoms with Crippen LogP contribution in [0.2, 0.25) is 0 Å². The number of carbonyl (C=O) groups excluding carboxylic acids is 3. The number of amides is 2. The molecule has 0 bridgehead atoms. The molecule has 1 aromatic rings. The van der Waals surface area contributed by atoms with E-state index in [0.717, 1.165) is 5.56 Å². The zero-order valence-electron chi connectivity index (χ0n) is 14.2. The number of ether oxygens (including phenoxy) is 2. The molecule has 0 saturated carbocycles. The Balaban J connectivity index is 2.58. The number of alkyl carbamates (subject to hydrolysis) is 1. The van der Waals surface area contributed by atoms with Crippen LogP contribution in [-0.4, -0.2) is 37.2 Å². The van der Waals surface area contributed by atoms with Crippen LogP contribution in [0.1, 0.15) is 25.3 Å².